The van der Waals surface area contributed by atoms with E-state index in [9.17, 15) is 8.42 Å². The minimum atomic E-state index is -3.30. The first-order valence-electron chi connectivity index (χ1n) is 6.90. The third-order valence-corrected chi connectivity index (χ3v) is 5.35. The Labute approximate surface area is 121 Å². The Hall–Kier alpha value is -1.61. The Morgan fingerprint density at radius 3 is 2.20 bits per heavy atom. The molecule has 0 aromatic heterocycles. The van der Waals surface area contributed by atoms with Crippen molar-refractivity contribution in [3.8, 4) is 0 Å². The van der Waals surface area contributed by atoms with Gasteiger partial charge in [-0.05, 0) is 29.5 Å². The molecule has 1 atom stereocenters. The summed E-state index contributed by atoms with van der Waals surface area (Å²) in [5, 5.41) is 0. The zero-order valence-electron chi connectivity index (χ0n) is 11.9. The van der Waals surface area contributed by atoms with E-state index in [1.807, 2.05) is 42.5 Å². The summed E-state index contributed by atoms with van der Waals surface area (Å²) in [7, 11) is -3.30. The van der Waals surface area contributed by atoms with Crippen LogP contribution in [0, 0.1) is 0 Å². The molecular weight excluding hydrogens is 268 g/mol. The van der Waals surface area contributed by atoms with E-state index in [2.05, 4.69) is 13.8 Å². The molecule has 0 aliphatic heterocycles. The van der Waals surface area contributed by atoms with Crippen molar-refractivity contribution < 1.29 is 8.42 Å². The molecule has 0 aliphatic rings. The van der Waals surface area contributed by atoms with Crippen LogP contribution in [0.25, 0.3) is 0 Å². The maximum atomic E-state index is 12.6. The predicted molar refractivity (Wildman–Crippen MR) is 82.5 cm³/mol. The van der Waals surface area contributed by atoms with Crippen LogP contribution in [-0.4, -0.2) is 8.42 Å². The first-order valence-corrected chi connectivity index (χ1v) is 8.55. The van der Waals surface area contributed by atoms with Gasteiger partial charge in [0.05, 0.1) is 10.6 Å². The molecule has 0 heterocycles. The van der Waals surface area contributed by atoms with Gasteiger partial charge in [0.1, 0.15) is 0 Å². The van der Waals surface area contributed by atoms with Crippen LogP contribution >= 0.6 is 0 Å². The van der Waals surface area contributed by atoms with Gasteiger partial charge in [0, 0.05) is 0 Å². The van der Waals surface area contributed by atoms with Crippen molar-refractivity contribution in [2.75, 3.05) is 0 Å². The second-order valence-electron chi connectivity index (χ2n) is 5.09. The summed E-state index contributed by atoms with van der Waals surface area (Å²) >= 11 is 0. The maximum Gasteiger partial charge on any atom is 0.182 e. The molecule has 2 nitrogen and oxygen atoms in total. The third-order valence-electron chi connectivity index (χ3n) is 3.60. The summed E-state index contributed by atoms with van der Waals surface area (Å²) in [5.41, 5.74) is 1.75. The summed E-state index contributed by atoms with van der Waals surface area (Å²) in [6.07, 6.45) is 0.928. The summed E-state index contributed by atoms with van der Waals surface area (Å²) in [6.45, 7) is 4.14. The molecular formula is C17H20O2S. The fourth-order valence-corrected chi connectivity index (χ4v) is 3.96. The maximum absolute atomic E-state index is 12.6. The van der Waals surface area contributed by atoms with Crippen molar-refractivity contribution in [3.05, 3.63) is 65.7 Å². The Morgan fingerprint density at radius 1 is 0.950 bits per heavy atom. The highest BCUT2D eigenvalue weighted by molar-refractivity contribution is 7.90. The molecule has 0 N–H and O–H groups in total. The van der Waals surface area contributed by atoms with Crippen LogP contribution in [0.1, 0.15) is 37.3 Å². The van der Waals surface area contributed by atoms with E-state index in [-0.39, 0.29) is 11.7 Å². The first-order chi connectivity index (χ1) is 9.54. The topological polar surface area (TPSA) is 34.1 Å². The van der Waals surface area contributed by atoms with Gasteiger partial charge in [0.15, 0.2) is 9.84 Å². The second kappa shape index (κ2) is 6.23. The lowest BCUT2D eigenvalue weighted by Crippen LogP contribution is -2.09. The van der Waals surface area contributed by atoms with Gasteiger partial charge in [-0.1, -0.05) is 62.4 Å². The van der Waals surface area contributed by atoms with Crippen molar-refractivity contribution >= 4 is 9.84 Å². The first kappa shape index (κ1) is 14.8. The Morgan fingerprint density at radius 2 is 1.55 bits per heavy atom. The molecule has 3 heteroatoms. The van der Waals surface area contributed by atoms with Crippen molar-refractivity contribution in [2.45, 2.75) is 36.8 Å². The number of hydrogen-bond donors (Lipinski definition) is 0. The Kier molecular flexibility index (Phi) is 4.61. The minimum absolute atomic E-state index is 0.0568. The lowest BCUT2D eigenvalue weighted by atomic mass is 9.99. The zero-order valence-corrected chi connectivity index (χ0v) is 12.7. The average molecular weight is 288 g/mol. The smallest absolute Gasteiger partial charge is 0.182 e. The van der Waals surface area contributed by atoms with E-state index < -0.39 is 9.84 Å². The standard InChI is InChI=1S/C17H20O2S/c1-3-14(2)16-11-7-8-12-17(16)20(18,19)13-15-9-5-4-6-10-15/h4-12,14H,3,13H2,1-2H3. The van der Waals surface area contributed by atoms with Gasteiger partial charge < -0.3 is 0 Å². The van der Waals surface area contributed by atoms with Crippen molar-refractivity contribution in [2.24, 2.45) is 0 Å². The van der Waals surface area contributed by atoms with Gasteiger partial charge in [-0.3, -0.25) is 0 Å². The van der Waals surface area contributed by atoms with Gasteiger partial charge in [-0.25, -0.2) is 8.42 Å². The van der Waals surface area contributed by atoms with Gasteiger partial charge in [-0.2, -0.15) is 0 Å². The van der Waals surface area contributed by atoms with E-state index in [1.165, 1.54) is 0 Å². The molecule has 0 saturated heterocycles. The highest BCUT2D eigenvalue weighted by Gasteiger charge is 2.20. The number of hydrogen-bond acceptors (Lipinski definition) is 2. The third kappa shape index (κ3) is 3.28. The van der Waals surface area contributed by atoms with Crippen LogP contribution in [0.5, 0.6) is 0 Å². The monoisotopic (exact) mass is 288 g/mol. The molecule has 0 bridgehead atoms. The van der Waals surface area contributed by atoms with E-state index in [4.69, 9.17) is 0 Å². The summed E-state index contributed by atoms with van der Waals surface area (Å²) in [4.78, 5) is 0.471. The lowest BCUT2D eigenvalue weighted by Gasteiger charge is -2.15. The molecule has 106 valence electrons. The summed E-state index contributed by atoms with van der Waals surface area (Å²) in [6, 6.07) is 16.7. The van der Waals surface area contributed by atoms with Crippen molar-refractivity contribution in [1.29, 1.82) is 0 Å². The van der Waals surface area contributed by atoms with Crippen molar-refractivity contribution in [3.63, 3.8) is 0 Å². The summed E-state index contributed by atoms with van der Waals surface area (Å²) < 4.78 is 25.3. The molecule has 2 aromatic rings. The lowest BCUT2D eigenvalue weighted by molar-refractivity contribution is 0.591. The highest BCUT2D eigenvalue weighted by Crippen LogP contribution is 2.28. The molecule has 1 unspecified atom stereocenters. The van der Waals surface area contributed by atoms with Gasteiger partial charge in [-0.15, -0.1) is 0 Å². The molecule has 0 amide bonds. The van der Waals surface area contributed by atoms with E-state index in [0.29, 0.717) is 4.90 Å². The van der Waals surface area contributed by atoms with Crippen LogP contribution in [0.4, 0.5) is 0 Å². The van der Waals surface area contributed by atoms with Crippen LogP contribution in [0.2, 0.25) is 0 Å². The highest BCUT2D eigenvalue weighted by atomic mass is 32.2. The number of sulfone groups is 1. The predicted octanol–water partition coefficient (Wildman–Crippen LogP) is 4.17. The fourth-order valence-electron chi connectivity index (χ4n) is 2.26. The van der Waals surface area contributed by atoms with Crippen molar-refractivity contribution in [1.82, 2.24) is 0 Å². The van der Waals surface area contributed by atoms with E-state index >= 15 is 0 Å². The van der Waals surface area contributed by atoms with Gasteiger partial charge >= 0.3 is 0 Å². The second-order valence-corrected chi connectivity index (χ2v) is 7.05. The fraction of sp³-hybridized carbons (Fsp3) is 0.294. The molecule has 0 spiro atoms. The normalized spacial score (nSPS) is 13.1. The quantitative estimate of drug-likeness (QED) is 0.827. The van der Waals surface area contributed by atoms with Crippen LogP contribution in [0.15, 0.2) is 59.5 Å². The Bertz CT molecular complexity index is 660. The average Bonchev–Trinajstić information content (AvgIpc) is 2.47. The zero-order chi connectivity index (χ0) is 14.6. The summed E-state index contributed by atoms with van der Waals surface area (Å²) in [5.74, 6) is 0.304. The van der Waals surface area contributed by atoms with Gasteiger partial charge in [0.2, 0.25) is 0 Å². The molecule has 0 fully saturated rings. The molecule has 20 heavy (non-hydrogen) atoms. The minimum Gasteiger partial charge on any atom is -0.223 e. The van der Waals surface area contributed by atoms with Crippen LogP contribution in [0.3, 0.4) is 0 Å². The number of rotatable bonds is 5. The van der Waals surface area contributed by atoms with E-state index in [1.54, 1.807) is 12.1 Å². The molecule has 0 aliphatic carbocycles. The molecule has 0 radical (unpaired) electrons. The SMILES string of the molecule is CCC(C)c1ccccc1S(=O)(=O)Cc1ccccc1. The molecule has 0 saturated carbocycles. The van der Waals surface area contributed by atoms with Gasteiger partial charge in [0.25, 0.3) is 0 Å². The Balaban J connectivity index is 2.40. The largest absolute Gasteiger partial charge is 0.223 e. The van der Waals surface area contributed by atoms with Crippen LogP contribution < -0.4 is 0 Å². The molecule has 2 aromatic carbocycles. The molecule has 2 rings (SSSR count). The van der Waals surface area contributed by atoms with Crippen LogP contribution in [-0.2, 0) is 15.6 Å². The number of benzene rings is 2. The van der Waals surface area contributed by atoms with E-state index in [0.717, 1.165) is 17.5 Å².